The Bertz CT molecular complexity index is 292. The van der Waals surface area contributed by atoms with Crippen LogP contribution in [0.5, 0.6) is 0 Å². The van der Waals surface area contributed by atoms with E-state index in [-0.39, 0.29) is 0 Å². The maximum Gasteiger partial charge on any atom is 0.0532 e. The molecular formula is C11H17N3. The lowest BCUT2D eigenvalue weighted by molar-refractivity contribution is 0.792. The van der Waals surface area contributed by atoms with Crippen LogP contribution in [0, 0.1) is 0 Å². The van der Waals surface area contributed by atoms with E-state index < -0.39 is 0 Å². The van der Waals surface area contributed by atoms with Gasteiger partial charge in [-0.15, -0.1) is 0 Å². The van der Waals surface area contributed by atoms with Crippen molar-refractivity contribution in [3.8, 4) is 0 Å². The molecule has 1 fully saturated rings. The first-order chi connectivity index (χ1) is 6.88. The minimum absolute atomic E-state index is 0.573. The summed E-state index contributed by atoms with van der Waals surface area (Å²) < 4.78 is 0. The molecule has 2 heterocycles. The van der Waals surface area contributed by atoms with Gasteiger partial charge in [-0.1, -0.05) is 6.92 Å². The van der Waals surface area contributed by atoms with Gasteiger partial charge in [-0.3, -0.25) is 4.98 Å². The van der Waals surface area contributed by atoms with Gasteiger partial charge in [-0.05, 0) is 31.0 Å². The van der Waals surface area contributed by atoms with Crippen molar-refractivity contribution in [2.75, 3.05) is 18.4 Å². The van der Waals surface area contributed by atoms with Crippen LogP contribution in [0.2, 0.25) is 0 Å². The van der Waals surface area contributed by atoms with Crippen LogP contribution in [0.4, 0.5) is 5.69 Å². The Hall–Kier alpha value is -1.09. The van der Waals surface area contributed by atoms with Crippen LogP contribution in [0.15, 0.2) is 18.5 Å². The van der Waals surface area contributed by atoms with E-state index >= 15 is 0 Å². The number of nitrogens with zero attached hydrogens (tertiary/aromatic N) is 1. The van der Waals surface area contributed by atoms with E-state index in [1.165, 1.54) is 12.0 Å². The average Bonchev–Trinajstić information content (AvgIpc) is 2.71. The Labute approximate surface area is 84.9 Å². The molecule has 0 spiro atoms. The molecule has 1 saturated heterocycles. The topological polar surface area (TPSA) is 37.0 Å². The van der Waals surface area contributed by atoms with Gasteiger partial charge in [0.25, 0.3) is 0 Å². The summed E-state index contributed by atoms with van der Waals surface area (Å²) in [4.78, 5) is 4.21. The molecule has 1 atom stereocenters. The second-order valence-electron chi connectivity index (χ2n) is 3.77. The van der Waals surface area contributed by atoms with Crippen LogP contribution >= 0.6 is 0 Å². The maximum absolute atomic E-state index is 4.21. The first-order valence-corrected chi connectivity index (χ1v) is 5.29. The van der Waals surface area contributed by atoms with Crippen LogP contribution in [-0.4, -0.2) is 24.1 Å². The number of hydrogen-bond acceptors (Lipinski definition) is 3. The molecule has 1 unspecified atom stereocenters. The smallest absolute Gasteiger partial charge is 0.0532 e. The van der Waals surface area contributed by atoms with Gasteiger partial charge in [0, 0.05) is 25.0 Å². The Balaban J connectivity index is 2.00. The third-order valence-corrected chi connectivity index (χ3v) is 2.63. The summed E-state index contributed by atoms with van der Waals surface area (Å²) in [6.45, 7) is 4.34. The van der Waals surface area contributed by atoms with E-state index in [4.69, 9.17) is 0 Å². The fourth-order valence-electron chi connectivity index (χ4n) is 1.77. The van der Waals surface area contributed by atoms with Crippen molar-refractivity contribution >= 4 is 5.69 Å². The molecule has 2 rings (SSSR count). The van der Waals surface area contributed by atoms with E-state index in [0.717, 1.165) is 25.2 Å². The minimum atomic E-state index is 0.573. The molecule has 1 aliphatic heterocycles. The molecule has 3 nitrogen and oxygen atoms in total. The number of rotatable bonds is 3. The molecule has 0 saturated carbocycles. The highest BCUT2D eigenvalue weighted by Gasteiger charge is 2.13. The molecular weight excluding hydrogens is 174 g/mol. The van der Waals surface area contributed by atoms with Crippen molar-refractivity contribution in [2.45, 2.75) is 25.8 Å². The quantitative estimate of drug-likeness (QED) is 0.758. The van der Waals surface area contributed by atoms with Crippen LogP contribution in [0.1, 0.15) is 18.9 Å². The van der Waals surface area contributed by atoms with Gasteiger partial charge in [0.15, 0.2) is 0 Å². The highest BCUT2D eigenvalue weighted by Crippen LogP contribution is 2.12. The minimum Gasteiger partial charge on any atom is -0.380 e. The van der Waals surface area contributed by atoms with Crippen molar-refractivity contribution in [3.05, 3.63) is 24.0 Å². The fraction of sp³-hybridized carbons (Fsp3) is 0.545. The predicted molar refractivity (Wildman–Crippen MR) is 58.5 cm³/mol. The summed E-state index contributed by atoms with van der Waals surface area (Å²) in [5, 5.41) is 6.83. The maximum atomic E-state index is 4.21. The lowest BCUT2D eigenvalue weighted by Gasteiger charge is -2.12. The zero-order valence-corrected chi connectivity index (χ0v) is 8.59. The zero-order chi connectivity index (χ0) is 9.80. The van der Waals surface area contributed by atoms with Crippen molar-refractivity contribution < 1.29 is 0 Å². The zero-order valence-electron chi connectivity index (χ0n) is 8.59. The molecule has 0 bridgehead atoms. The SMILES string of the molecule is CCc1cncc(NC2CCNC2)c1. The van der Waals surface area contributed by atoms with Gasteiger partial charge >= 0.3 is 0 Å². The Morgan fingerprint density at radius 2 is 2.50 bits per heavy atom. The van der Waals surface area contributed by atoms with Crippen molar-refractivity contribution in [3.63, 3.8) is 0 Å². The number of nitrogens with one attached hydrogen (secondary N) is 2. The summed E-state index contributed by atoms with van der Waals surface area (Å²) in [5.41, 5.74) is 2.44. The van der Waals surface area contributed by atoms with Gasteiger partial charge in [-0.25, -0.2) is 0 Å². The molecule has 0 aromatic carbocycles. The van der Waals surface area contributed by atoms with Gasteiger partial charge < -0.3 is 10.6 Å². The highest BCUT2D eigenvalue weighted by molar-refractivity contribution is 5.44. The van der Waals surface area contributed by atoms with Crippen LogP contribution in [0.25, 0.3) is 0 Å². The van der Waals surface area contributed by atoms with E-state index in [2.05, 4.69) is 28.6 Å². The second-order valence-corrected chi connectivity index (χ2v) is 3.77. The van der Waals surface area contributed by atoms with Crippen molar-refractivity contribution in [2.24, 2.45) is 0 Å². The van der Waals surface area contributed by atoms with E-state index in [0.29, 0.717) is 6.04 Å². The molecule has 14 heavy (non-hydrogen) atoms. The van der Waals surface area contributed by atoms with E-state index in [1.807, 2.05) is 12.4 Å². The highest BCUT2D eigenvalue weighted by atomic mass is 15.0. The van der Waals surface area contributed by atoms with Crippen molar-refractivity contribution in [1.82, 2.24) is 10.3 Å². The molecule has 1 aliphatic rings. The van der Waals surface area contributed by atoms with Crippen molar-refractivity contribution in [1.29, 1.82) is 0 Å². The normalized spacial score (nSPS) is 21.1. The average molecular weight is 191 g/mol. The number of anilines is 1. The monoisotopic (exact) mass is 191 g/mol. The first kappa shape index (κ1) is 9.46. The molecule has 3 heteroatoms. The summed E-state index contributed by atoms with van der Waals surface area (Å²) in [7, 11) is 0. The largest absolute Gasteiger partial charge is 0.380 e. The number of hydrogen-bond donors (Lipinski definition) is 2. The third-order valence-electron chi connectivity index (χ3n) is 2.63. The third kappa shape index (κ3) is 2.23. The molecule has 1 aromatic rings. The molecule has 2 N–H and O–H groups in total. The van der Waals surface area contributed by atoms with Crippen LogP contribution in [0.3, 0.4) is 0 Å². The predicted octanol–water partition coefficient (Wildman–Crippen LogP) is 1.42. The van der Waals surface area contributed by atoms with E-state index in [1.54, 1.807) is 0 Å². The van der Waals surface area contributed by atoms with Crippen LogP contribution < -0.4 is 10.6 Å². The standard InChI is InChI=1S/C11H17N3/c1-2-9-5-11(8-13-6-9)14-10-3-4-12-7-10/h5-6,8,10,12,14H,2-4,7H2,1H3. The number of aryl methyl sites for hydroxylation is 1. The second kappa shape index (κ2) is 4.42. The van der Waals surface area contributed by atoms with E-state index in [9.17, 15) is 0 Å². The summed E-state index contributed by atoms with van der Waals surface area (Å²) in [5.74, 6) is 0. The molecule has 0 amide bonds. The van der Waals surface area contributed by atoms with Gasteiger partial charge in [0.1, 0.15) is 0 Å². The Morgan fingerprint density at radius 1 is 1.57 bits per heavy atom. The fourth-order valence-corrected chi connectivity index (χ4v) is 1.77. The number of pyridine rings is 1. The summed E-state index contributed by atoms with van der Waals surface area (Å²) in [6, 6.07) is 2.76. The lowest BCUT2D eigenvalue weighted by atomic mass is 10.2. The van der Waals surface area contributed by atoms with Gasteiger partial charge in [0.05, 0.1) is 5.69 Å². The first-order valence-electron chi connectivity index (χ1n) is 5.29. The van der Waals surface area contributed by atoms with Gasteiger partial charge in [-0.2, -0.15) is 0 Å². The number of aromatic nitrogens is 1. The summed E-state index contributed by atoms with van der Waals surface area (Å²) in [6.07, 6.45) is 6.08. The van der Waals surface area contributed by atoms with Gasteiger partial charge in [0.2, 0.25) is 0 Å². The molecule has 0 radical (unpaired) electrons. The Morgan fingerprint density at radius 3 is 3.21 bits per heavy atom. The Kier molecular flexibility index (Phi) is 2.99. The molecule has 0 aliphatic carbocycles. The van der Waals surface area contributed by atoms with Crippen LogP contribution in [-0.2, 0) is 6.42 Å². The summed E-state index contributed by atoms with van der Waals surface area (Å²) >= 11 is 0. The molecule has 1 aromatic heterocycles. The molecule has 76 valence electrons. The lowest BCUT2D eigenvalue weighted by Crippen LogP contribution is -2.22.